The van der Waals surface area contributed by atoms with Crippen molar-refractivity contribution in [2.45, 2.75) is 57.0 Å². The van der Waals surface area contributed by atoms with E-state index in [1.54, 1.807) is 11.3 Å². The van der Waals surface area contributed by atoms with Crippen LogP contribution in [0.2, 0.25) is 0 Å². The summed E-state index contributed by atoms with van der Waals surface area (Å²) >= 11 is 1.69. The summed E-state index contributed by atoms with van der Waals surface area (Å²) in [6.07, 6.45) is 4.85. The first-order valence-electron chi connectivity index (χ1n) is 11.6. The molecule has 168 valence electrons. The van der Waals surface area contributed by atoms with Gasteiger partial charge in [-0.05, 0) is 44.7 Å². The van der Waals surface area contributed by atoms with Crippen molar-refractivity contribution in [1.29, 1.82) is 5.26 Å². The second kappa shape index (κ2) is 8.36. The molecule has 1 aromatic heterocycles. The molecule has 1 aromatic carbocycles. The van der Waals surface area contributed by atoms with Gasteiger partial charge in [0.15, 0.2) is 5.13 Å². The number of benzene rings is 1. The number of para-hydroxylation sites is 1. The molecule has 2 heterocycles. The molecule has 3 atom stereocenters. The lowest BCUT2D eigenvalue weighted by molar-refractivity contribution is -0.144. The average Bonchev–Trinajstić information content (AvgIpc) is 3.45. The minimum absolute atomic E-state index is 0.0995. The van der Waals surface area contributed by atoms with Gasteiger partial charge < -0.3 is 15.1 Å². The highest BCUT2D eigenvalue weighted by Gasteiger charge is 2.47. The van der Waals surface area contributed by atoms with Crippen molar-refractivity contribution in [1.82, 2.24) is 15.2 Å². The zero-order valence-corrected chi connectivity index (χ0v) is 19.2. The summed E-state index contributed by atoms with van der Waals surface area (Å²) in [6.45, 7) is 4.17. The minimum atomic E-state index is -0.681. The first-order valence-corrected chi connectivity index (χ1v) is 12.5. The standard InChI is InChI=1S/C24H29N5O2S/c1-16-14-28(12-13-29(16)23-26-19-8-4-5-9-20(19)32-23)22(31)18-7-3-2-6-17(18)21(30)27-24(15-25)10-11-24/h4-5,8-9,16-18H,2-3,6-7,10-14H2,1H3,(H,27,30)/t16-,17-,18-/m1/s1. The third kappa shape index (κ3) is 3.95. The summed E-state index contributed by atoms with van der Waals surface area (Å²) < 4.78 is 1.18. The molecule has 2 amide bonds. The fourth-order valence-corrected chi connectivity index (χ4v) is 6.21. The van der Waals surface area contributed by atoms with Crippen molar-refractivity contribution >= 4 is 38.5 Å². The summed E-state index contributed by atoms with van der Waals surface area (Å²) in [7, 11) is 0. The van der Waals surface area contributed by atoms with Crippen LogP contribution in [0, 0.1) is 23.2 Å². The Morgan fingerprint density at radius 2 is 1.94 bits per heavy atom. The molecule has 8 heteroatoms. The van der Waals surface area contributed by atoms with Crippen LogP contribution < -0.4 is 10.2 Å². The van der Waals surface area contributed by atoms with Crippen LogP contribution in [-0.2, 0) is 9.59 Å². The van der Waals surface area contributed by atoms with E-state index in [9.17, 15) is 14.9 Å². The number of hydrogen-bond donors (Lipinski definition) is 1. The predicted molar refractivity (Wildman–Crippen MR) is 124 cm³/mol. The number of nitriles is 1. The fourth-order valence-electron chi connectivity index (χ4n) is 5.12. The third-order valence-corrected chi connectivity index (χ3v) is 8.29. The van der Waals surface area contributed by atoms with Crippen LogP contribution in [0.5, 0.6) is 0 Å². The van der Waals surface area contributed by atoms with E-state index in [4.69, 9.17) is 4.98 Å². The van der Waals surface area contributed by atoms with E-state index in [0.717, 1.165) is 42.9 Å². The second-order valence-electron chi connectivity index (χ2n) is 9.47. The lowest BCUT2D eigenvalue weighted by Crippen LogP contribution is -2.56. The van der Waals surface area contributed by atoms with Gasteiger partial charge in [-0.2, -0.15) is 5.26 Å². The van der Waals surface area contributed by atoms with E-state index in [0.29, 0.717) is 25.9 Å². The molecule has 2 aromatic rings. The molecular formula is C24H29N5O2S. The SMILES string of the molecule is C[C@@H]1CN(C(=O)[C@@H]2CCCC[C@H]2C(=O)NC2(C#N)CC2)CCN1c1nc2ccccc2s1. The highest BCUT2D eigenvalue weighted by molar-refractivity contribution is 7.22. The van der Waals surface area contributed by atoms with E-state index in [-0.39, 0.29) is 29.7 Å². The lowest BCUT2D eigenvalue weighted by atomic mass is 9.77. The maximum atomic E-state index is 13.5. The molecule has 2 saturated carbocycles. The largest absolute Gasteiger partial charge is 0.342 e. The third-order valence-electron chi connectivity index (χ3n) is 7.21. The van der Waals surface area contributed by atoms with Gasteiger partial charge in [-0.1, -0.05) is 36.3 Å². The van der Waals surface area contributed by atoms with Gasteiger partial charge in [0, 0.05) is 37.5 Å². The molecule has 7 nitrogen and oxygen atoms in total. The maximum Gasteiger partial charge on any atom is 0.226 e. The van der Waals surface area contributed by atoms with Gasteiger partial charge in [-0.25, -0.2) is 4.98 Å². The van der Waals surface area contributed by atoms with Crippen LogP contribution in [0.15, 0.2) is 24.3 Å². The Bertz CT molecular complexity index is 1040. The molecule has 1 saturated heterocycles. The number of thiazole rings is 1. The molecule has 1 aliphatic heterocycles. The summed E-state index contributed by atoms with van der Waals surface area (Å²) in [5.41, 5.74) is 0.333. The van der Waals surface area contributed by atoms with Crippen molar-refractivity contribution in [3.63, 3.8) is 0 Å². The Kier molecular flexibility index (Phi) is 5.54. The van der Waals surface area contributed by atoms with Gasteiger partial charge >= 0.3 is 0 Å². The molecule has 0 unspecified atom stereocenters. The van der Waals surface area contributed by atoms with Crippen LogP contribution in [0.1, 0.15) is 45.4 Å². The predicted octanol–water partition coefficient (Wildman–Crippen LogP) is 3.31. The Morgan fingerprint density at radius 1 is 1.19 bits per heavy atom. The Labute approximate surface area is 192 Å². The van der Waals surface area contributed by atoms with E-state index in [1.807, 2.05) is 23.1 Å². The topological polar surface area (TPSA) is 89.3 Å². The van der Waals surface area contributed by atoms with Gasteiger partial charge in [0.25, 0.3) is 0 Å². The monoisotopic (exact) mass is 451 g/mol. The average molecular weight is 452 g/mol. The summed E-state index contributed by atoms with van der Waals surface area (Å²) in [6, 6.07) is 10.6. The number of amides is 2. The highest BCUT2D eigenvalue weighted by Crippen LogP contribution is 2.38. The first-order chi connectivity index (χ1) is 15.5. The van der Waals surface area contributed by atoms with Crippen LogP contribution in [-0.4, -0.2) is 52.9 Å². The van der Waals surface area contributed by atoms with Crippen LogP contribution in [0.3, 0.4) is 0 Å². The summed E-state index contributed by atoms with van der Waals surface area (Å²) in [5.74, 6) is -0.607. The van der Waals surface area contributed by atoms with Crippen LogP contribution in [0.25, 0.3) is 10.2 Å². The highest BCUT2D eigenvalue weighted by atomic mass is 32.1. The first kappa shape index (κ1) is 21.2. The number of carbonyl (C=O) groups excluding carboxylic acids is 2. The van der Waals surface area contributed by atoms with Gasteiger partial charge in [-0.15, -0.1) is 0 Å². The number of aromatic nitrogens is 1. The van der Waals surface area contributed by atoms with Crippen molar-refractivity contribution in [2.75, 3.05) is 24.5 Å². The number of fused-ring (bicyclic) bond motifs is 1. The van der Waals surface area contributed by atoms with Crippen LogP contribution in [0.4, 0.5) is 5.13 Å². The van der Waals surface area contributed by atoms with Crippen molar-refractivity contribution in [3.05, 3.63) is 24.3 Å². The zero-order valence-electron chi connectivity index (χ0n) is 18.4. The Hall–Kier alpha value is -2.66. The molecule has 3 aliphatic rings. The van der Waals surface area contributed by atoms with Crippen molar-refractivity contribution in [2.24, 2.45) is 11.8 Å². The number of nitrogens with zero attached hydrogens (tertiary/aromatic N) is 4. The minimum Gasteiger partial charge on any atom is -0.342 e. The van der Waals surface area contributed by atoms with Crippen molar-refractivity contribution in [3.8, 4) is 6.07 Å². The molecule has 32 heavy (non-hydrogen) atoms. The number of hydrogen-bond acceptors (Lipinski definition) is 6. The summed E-state index contributed by atoms with van der Waals surface area (Å²) in [4.78, 5) is 35.5. The lowest BCUT2D eigenvalue weighted by Gasteiger charge is -2.42. The maximum absolute atomic E-state index is 13.5. The number of rotatable bonds is 4. The van der Waals surface area contributed by atoms with Gasteiger partial charge in [0.2, 0.25) is 11.8 Å². The van der Waals surface area contributed by atoms with E-state index in [1.165, 1.54) is 4.70 Å². The number of carbonyl (C=O) groups is 2. The quantitative estimate of drug-likeness (QED) is 0.770. The van der Waals surface area contributed by atoms with Gasteiger partial charge in [-0.3, -0.25) is 9.59 Å². The van der Waals surface area contributed by atoms with Gasteiger partial charge in [0.1, 0.15) is 5.54 Å². The molecule has 2 aliphatic carbocycles. The Balaban J connectivity index is 1.26. The number of anilines is 1. The van der Waals surface area contributed by atoms with Crippen molar-refractivity contribution < 1.29 is 9.59 Å². The van der Waals surface area contributed by atoms with Gasteiger partial charge in [0.05, 0.1) is 16.3 Å². The van der Waals surface area contributed by atoms with Crippen LogP contribution >= 0.6 is 11.3 Å². The molecular weight excluding hydrogens is 422 g/mol. The normalized spacial score (nSPS) is 27.1. The zero-order chi connectivity index (χ0) is 22.3. The smallest absolute Gasteiger partial charge is 0.226 e. The van der Waals surface area contributed by atoms with E-state index in [2.05, 4.69) is 29.3 Å². The number of piperazine rings is 1. The molecule has 1 N–H and O–H groups in total. The fraction of sp³-hybridized carbons (Fsp3) is 0.583. The molecule has 0 bridgehead atoms. The number of nitrogens with one attached hydrogen (secondary N) is 1. The molecule has 5 rings (SSSR count). The summed E-state index contributed by atoms with van der Waals surface area (Å²) in [5, 5.41) is 13.3. The second-order valence-corrected chi connectivity index (χ2v) is 10.5. The molecule has 3 fully saturated rings. The van der Waals surface area contributed by atoms with E-state index >= 15 is 0 Å². The molecule has 0 spiro atoms. The van der Waals surface area contributed by atoms with E-state index < -0.39 is 5.54 Å². The Morgan fingerprint density at radius 3 is 2.62 bits per heavy atom. The molecule has 0 radical (unpaired) electrons.